The zero-order valence-electron chi connectivity index (χ0n) is 18.4. The van der Waals surface area contributed by atoms with E-state index in [9.17, 15) is 9.59 Å². The molecule has 3 unspecified atom stereocenters. The summed E-state index contributed by atoms with van der Waals surface area (Å²) in [7, 11) is 3.25. The van der Waals surface area contributed by atoms with Crippen LogP contribution >= 0.6 is 0 Å². The minimum absolute atomic E-state index is 0.0322. The van der Waals surface area contributed by atoms with Crippen molar-refractivity contribution in [1.82, 2.24) is 4.90 Å². The molecule has 2 aliphatic rings. The van der Waals surface area contributed by atoms with Crippen molar-refractivity contribution in [3.05, 3.63) is 54.1 Å². The third-order valence-electron chi connectivity index (χ3n) is 6.46. The fourth-order valence-corrected chi connectivity index (χ4v) is 4.75. The Labute approximate surface area is 183 Å². The number of hydrogen-bond acceptors (Lipinski definition) is 4. The Bertz CT molecular complexity index is 926. The summed E-state index contributed by atoms with van der Waals surface area (Å²) in [4.78, 5) is 30.5. The Morgan fingerprint density at radius 2 is 1.55 bits per heavy atom. The highest BCUT2D eigenvalue weighted by Gasteiger charge is 2.43. The van der Waals surface area contributed by atoms with Crippen molar-refractivity contribution >= 4 is 17.5 Å². The molecule has 2 aromatic rings. The molecule has 0 spiro atoms. The first-order valence-corrected chi connectivity index (χ1v) is 10.9. The van der Waals surface area contributed by atoms with Crippen molar-refractivity contribution in [2.75, 3.05) is 32.2 Å². The summed E-state index contributed by atoms with van der Waals surface area (Å²) in [6.07, 6.45) is 1.96. The molecule has 2 amide bonds. The summed E-state index contributed by atoms with van der Waals surface area (Å²) in [5.41, 5.74) is 1.72. The summed E-state index contributed by atoms with van der Waals surface area (Å²) in [6.45, 7) is 3.77. The lowest BCUT2D eigenvalue weighted by Gasteiger charge is -2.42. The standard InChI is InChI=1S/C25H30N2O4/c1-17-14-15-26(16-17)25(29)22-12-13-23(28)27(19-6-10-21(31-3)11-7-19)24(22)18-4-8-20(30-2)9-5-18/h4-11,17,22,24H,12-16H2,1-3H3. The van der Waals surface area contributed by atoms with Crippen LogP contribution in [-0.2, 0) is 9.59 Å². The summed E-state index contributed by atoms with van der Waals surface area (Å²) in [5, 5.41) is 0. The first-order chi connectivity index (χ1) is 15.0. The van der Waals surface area contributed by atoms with Crippen molar-refractivity contribution in [2.45, 2.75) is 32.2 Å². The Kier molecular flexibility index (Phi) is 6.16. The zero-order valence-corrected chi connectivity index (χ0v) is 18.4. The Morgan fingerprint density at radius 1 is 0.935 bits per heavy atom. The van der Waals surface area contributed by atoms with Gasteiger partial charge in [0, 0.05) is 25.2 Å². The second-order valence-corrected chi connectivity index (χ2v) is 8.50. The molecule has 2 fully saturated rings. The van der Waals surface area contributed by atoms with Crippen LogP contribution < -0.4 is 14.4 Å². The quantitative estimate of drug-likeness (QED) is 0.729. The number of rotatable bonds is 5. The topological polar surface area (TPSA) is 59.1 Å². The Balaban J connectivity index is 1.74. The number of anilines is 1. The number of methoxy groups -OCH3 is 2. The van der Waals surface area contributed by atoms with Crippen LogP contribution in [0.25, 0.3) is 0 Å². The normalized spacial score (nSPS) is 23.7. The average Bonchev–Trinajstić information content (AvgIpc) is 3.25. The van der Waals surface area contributed by atoms with Crippen LogP contribution in [0.4, 0.5) is 5.69 Å². The van der Waals surface area contributed by atoms with Gasteiger partial charge in [0.2, 0.25) is 11.8 Å². The number of benzene rings is 2. The predicted octanol–water partition coefficient (Wildman–Crippen LogP) is 4.06. The molecule has 0 aliphatic carbocycles. The van der Waals surface area contributed by atoms with Gasteiger partial charge in [-0.2, -0.15) is 0 Å². The molecule has 6 nitrogen and oxygen atoms in total. The molecule has 0 bridgehead atoms. The van der Waals surface area contributed by atoms with E-state index in [2.05, 4.69) is 6.92 Å². The molecule has 164 valence electrons. The van der Waals surface area contributed by atoms with Crippen molar-refractivity contribution in [1.29, 1.82) is 0 Å². The van der Waals surface area contributed by atoms with Gasteiger partial charge in [0.05, 0.1) is 26.2 Å². The van der Waals surface area contributed by atoms with Crippen molar-refractivity contribution in [2.24, 2.45) is 11.8 Å². The van der Waals surface area contributed by atoms with Gasteiger partial charge in [0.25, 0.3) is 0 Å². The molecule has 31 heavy (non-hydrogen) atoms. The van der Waals surface area contributed by atoms with E-state index in [4.69, 9.17) is 9.47 Å². The lowest BCUT2D eigenvalue weighted by molar-refractivity contribution is -0.137. The second-order valence-electron chi connectivity index (χ2n) is 8.50. The summed E-state index contributed by atoms with van der Waals surface area (Å²) in [6, 6.07) is 14.8. The van der Waals surface area contributed by atoms with E-state index in [1.165, 1.54) is 0 Å². The number of hydrogen-bond donors (Lipinski definition) is 0. The number of amides is 2. The van der Waals surface area contributed by atoms with Gasteiger partial charge in [0.1, 0.15) is 11.5 Å². The average molecular weight is 423 g/mol. The summed E-state index contributed by atoms with van der Waals surface area (Å²) < 4.78 is 10.6. The van der Waals surface area contributed by atoms with E-state index in [-0.39, 0.29) is 23.8 Å². The summed E-state index contributed by atoms with van der Waals surface area (Å²) >= 11 is 0. The molecule has 4 rings (SSSR count). The summed E-state index contributed by atoms with van der Waals surface area (Å²) in [5.74, 6) is 1.90. The molecule has 2 heterocycles. The number of ether oxygens (including phenoxy) is 2. The molecule has 2 aliphatic heterocycles. The van der Waals surface area contributed by atoms with Crippen molar-refractivity contribution in [3.8, 4) is 11.5 Å². The minimum atomic E-state index is -0.357. The van der Waals surface area contributed by atoms with Crippen LogP contribution in [0.3, 0.4) is 0 Å². The smallest absolute Gasteiger partial charge is 0.228 e. The van der Waals surface area contributed by atoms with Gasteiger partial charge in [-0.05, 0) is 60.7 Å². The third-order valence-corrected chi connectivity index (χ3v) is 6.46. The van der Waals surface area contributed by atoms with Gasteiger partial charge < -0.3 is 19.3 Å². The molecular weight excluding hydrogens is 392 g/mol. The van der Waals surface area contributed by atoms with E-state index in [1.807, 2.05) is 53.4 Å². The largest absolute Gasteiger partial charge is 0.497 e. The van der Waals surface area contributed by atoms with Gasteiger partial charge in [-0.25, -0.2) is 0 Å². The van der Waals surface area contributed by atoms with Crippen LogP contribution in [0, 0.1) is 11.8 Å². The number of nitrogens with zero attached hydrogens (tertiary/aromatic N) is 2. The first-order valence-electron chi connectivity index (χ1n) is 10.9. The van der Waals surface area contributed by atoms with Gasteiger partial charge in [-0.1, -0.05) is 19.1 Å². The molecule has 0 N–H and O–H groups in total. The fourth-order valence-electron chi connectivity index (χ4n) is 4.75. The van der Waals surface area contributed by atoms with Crippen molar-refractivity contribution in [3.63, 3.8) is 0 Å². The van der Waals surface area contributed by atoms with Crippen molar-refractivity contribution < 1.29 is 19.1 Å². The fraction of sp³-hybridized carbons (Fsp3) is 0.440. The van der Waals surface area contributed by atoms with Gasteiger partial charge in [0.15, 0.2) is 0 Å². The molecule has 6 heteroatoms. The first kappa shape index (κ1) is 21.2. The third kappa shape index (κ3) is 4.24. The van der Waals surface area contributed by atoms with Crippen LogP contribution in [0.15, 0.2) is 48.5 Å². The number of piperidine rings is 1. The van der Waals surface area contributed by atoms with E-state index in [0.29, 0.717) is 18.8 Å². The molecule has 2 saturated heterocycles. The highest BCUT2D eigenvalue weighted by atomic mass is 16.5. The second kappa shape index (κ2) is 9.00. The lowest BCUT2D eigenvalue weighted by atomic mass is 9.82. The predicted molar refractivity (Wildman–Crippen MR) is 119 cm³/mol. The lowest BCUT2D eigenvalue weighted by Crippen LogP contribution is -2.49. The molecule has 3 atom stereocenters. The van der Waals surface area contributed by atoms with Crippen LogP contribution in [-0.4, -0.2) is 44.0 Å². The van der Waals surface area contributed by atoms with E-state index in [0.717, 1.165) is 42.3 Å². The molecule has 0 aromatic heterocycles. The van der Waals surface area contributed by atoms with E-state index < -0.39 is 0 Å². The Hall–Kier alpha value is -3.02. The SMILES string of the molecule is COc1ccc(C2C(C(=O)N3CCC(C)C3)CCC(=O)N2c2ccc(OC)cc2)cc1. The molecule has 0 radical (unpaired) electrons. The maximum atomic E-state index is 13.6. The van der Waals surface area contributed by atoms with Gasteiger partial charge in [-0.15, -0.1) is 0 Å². The number of likely N-dealkylation sites (tertiary alicyclic amines) is 1. The molecule has 2 aromatic carbocycles. The Morgan fingerprint density at radius 3 is 2.10 bits per heavy atom. The van der Waals surface area contributed by atoms with Gasteiger partial charge in [-0.3, -0.25) is 9.59 Å². The monoisotopic (exact) mass is 422 g/mol. The van der Waals surface area contributed by atoms with E-state index in [1.54, 1.807) is 19.1 Å². The molecule has 0 saturated carbocycles. The van der Waals surface area contributed by atoms with Crippen LogP contribution in [0.2, 0.25) is 0 Å². The van der Waals surface area contributed by atoms with Crippen LogP contribution in [0.1, 0.15) is 37.8 Å². The van der Waals surface area contributed by atoms with Crippen LogP contribution in [0.5, 0.6) is 11.5 Å². The molecular formula is C25H30N2O4. The zero-order chi connectivity index (χ0) is 22.0. The maximum Gasteiger partial charge on any atom is 0.228 e. The maximum absolute atomic E-state index is 13.6. The highest BCUT2D eigenvalue weighted by molar-refractivity contribution is 5.97. The minimum Gasteiger partial charge on any atom is -0.497 e. The van der Waals surface area contributed by atoms with Gasteiger partial charge >= 0.3 is 0 Å². The van der Waals surface area contributed by atoms with E-state index >= 15 is 0 Å². The number of carbonyl (C=O) groups is 2. The highest BCUT2D eigenvalue weighted by Crippen LogP contribution is 2.42. The number of carbonyl (C=O) groups excluding carboxylic acids is 2.